The molecule has 1 aromatic carbocycles. The van der Waals surface area contributed by atoms with Gasteiger partial charge in [-0.3, -0.25) is 4.79 Å². The maximum Gasteiger partial charge on any atom is 0.255 e. The average Bonchev–Trinajstić information content (AvgIpc) is 2.85. The van der Waals surface area contributed by atoms with Crippen molar-refractivity contribution < 1.29 is 4.79 Å². The molecule has 0 atom stereocenters. The van der Waals surface area contributed by atoms with Crippen LogP contribution in [0.3, 0.4) is 0 Å². The quantitative estimate of drug-likeness (QED) is 0.895. The lowest BCUT2D eigenvalue weighted by molar-refractivity contribution is 0.0924. The normalized spacial score (nSPS) is 20.3. The molecule has 3 rings (SSSR count). The molecule has 130 valence electrons. The Hall–Kier alpha value is -1.85. The topological polar surface area (TPSA) is 72.9 Å². The summed E-state index contributed by atoms with van der Waals surface area (Å²) in [4.78, 5) is 12.7. The zero-order valence-corrected chi connectivity index (χ0v) is 15.0. The van der Waals surface area contributed by atoms with Crippen LogP contribution in [0.15, 0.2) is 30.3 Å². The second kappa shape index (κ2) is 7.81. The molecule has 1 aliphatic carbocycles. The van der Waals surface area contributed by atoms with Crippen molar-refractivity contribution in [1.82, 2.24) is 15.1 Å². The Balaban J connectivity index is 0.00000208. The number of carbonyl (C=O) groups excluding carboxylic acids is 1. The maximum atomic E-state index is 12.7. The molecule has 1 aromatic heterocycles. The summed E-state index contributed by atoms with van der Waals surface area (Å²) in [5, 5.41) is 7.70. The number of halogens is 1. The first-order valence-electron chi connectivity index (χ1n) is 8.24. The largest absolute Gasteiger partial charge is 0.349 e. The van der Waals surface area contributed by atoms with Crippen molar-refractivity contribution in [3.8, 4) is 5.69 Å². The maximum absolute atomic E-state index is 12.7. The summed E-state index contributed by atoms with van der Waals surface area (Å²) < 4.78 is 1.83. The van der Waals surface area contributed by atoms with Gasteiger partial charge in [0, 0.05) is 12.1 Å². The highest BCUT2D eigenvalue weighted by atomic mass is 35.5. The zero-order valence-electron chi connectivity index (χ0n) is 14.2. The number of nitrogens with zero attached hydrogens (tertiary/aromatic N) is 2. The first kappa shape index (κ1) is 18.5. The smallest absolute Gasteiger partial charge is 0.255 e. The monoisotopic (exact) mass is 348 g/mol. The number of benzene rings is 1. The summed E-state index contributed by atoms with van der Waals surface area (Å²) in [6.07, 6.45) is 3.87. The molecule has 1 saturated carbocycles. The van der Waals surface area contributed by atoms with E-state index >= 15 is 0 Å². The van der Waals surface area contributed by atoms with E-state index in [1.165, 1.54) is 0 Å². The molecule has 5 nitrogen and oxygen atoms in total. The summed E-state index contributed by atoms with van der Waals surface area (Å²) in [5.41, 5.74) is 9.22. The van der Waals surface area contributed by atoms with Gasteiger partial charge < -0.3 is 11.1 Å². The van der Waals surface area contributed by atoms with E-state index in [0.717, 1.165) is 42.8 Å². The number of carbonyl (C=O) groups is 1. The Kier molecular flexibility index (Phi) is 6.02. The Morgan fingerprint density at radius 1 is 1.17 bits per heavy atom. The third-order valence-electron chi connectivity index (χ3n) is 4.63. The number of aryl methyl sites for hydroxylation is 1. The minimum atomic E-state index is -0.0253. The van der Waals surface area contributed by atoms with Gasteiger partial charge in [0.25, 0.3) is 5.91 Å². The SMILES string of the molecule is Cc1nn(-c2ccccc2)c(C)c1C(=O)NC1CCC(N)CC1.Cl. The molecule has 0 bridgehead atoms. The van der Waals surface area contributed by atoms with Crippen LogP contribution in [0.1, 0.15) is 47.4 Å². The molecule has 1 fully saturated rings. The van der Waals surface area contributed by atoms with Crippen molar-refractivity contribution >= 4 is 18.3 Å². The molecule has 0 aliphatic heterocycles. The minimum Gasteiger partial charge on any atom is -0.349 e. The van der Waals surface area contributed by atoms with Crippen molar-refractivity contribution in [2.24, 2.45) is 5.73 Å². The zero-order chi connectivity index (χ0) is 16.4. The molecule has 0 radical (unpaired) electrons. The highest BCUT2D eigenvalue weighted by molar-refractivity contribution is 5.96. The highest BCUT2D eigenvalue weighted by Gasteiger charge is 2.24. The van der Waals surface area contributed by atoms with Gasteiger partial charge in [-0.15, -0.1) is 12.4 Å². The van der Waals surface area contributed by atoms with Gasteiger partial charge in [0.2, 0.25) is 0 Å². The van der Waals surface area contributed by atoms with Crippen molar-refractivity contribution in [3.63, 3.8) is 0 Å². The first-order chi connectivity index (χ1) is 11.1. The number of rotatable bonds is 3. The van der Waals surface area contributed by atoms with Gasteiger partial charge in [-0.2, -0.15) is 5.10 Å². The van der Waals surface area contributed by atoms with E-state index < -0.39 is 0 Å². The Bertz CT molecular complexity index is 691. The number of hydrogen-bond donors (Lipinski definition) is 2. The van der Waals surface area contributed by atoms with Gasteiger partial charge in [-0.25, -0.2) is 4.68 Å². The highest BCUT2D eigenvalue weighted by Crippen LogP contribution is 2.20. The van der Waals surface area contributed by atoms with Crippen LogP contribution < -0.4 is 11.1 Å². The molecule has 1 aliphatic rings. The van der Waals surface area contributed by atoms with Crippen molar-refractivity contribution in [3.05, 3.63) is 47.3 Å². The lowest BCUT2D eigenvalue weighted by Gasteiger charge is -2.26. The molecular weight excluding hydrogens is 324 g/mol. The van der Waals surface area contributed by atoms with Gasteiger partial charge >= 0.3 is 0 Å². The number of nitrogens with one attached hydrogen (secondary N) is 1. The third-order valence-corrected chi connectivity index (χ3v) is 4.63. The number of hydrogen-bond acceptors (Lipinski definition) is 3. The van der Waals surface area contributed by atoms with Crippen LogP contribution in [0.2, 0.25) is 0 Å². The van der Waals surface area contributed by atoms with Crippen molar-refractivity contribution in [2.75, 3.05) is 0 Å². The van der Waals surface area contributed by atoms with Crippen LogP contribution in [0.25, 0.3) is 5.69 Å². The van der Waals surface area contributed by atoms with Gasteiger partial charge in [0.15, 0.2) is 0 Å². The fourth-order valence-electron chi connectivity index (χ4n) is 3.31. The summed E-state index contributed by atoms with van der Waals surface area (Å²) >= 11 is 0. The van der Waals surface area contributed by atoms with Crippen LogP contribution >= 0.6 is 12.4 Å². The van der Waals surface area contributed by atoms with E-state index in [1.54, 1.807) is 0 Å². The van der Waals surface area contributed by atoms with Crippen LogP contribution in [-0.2, 0) is 0 Å². The van der Waals surface area contributed by atoms with Gasteiger partial charge in [0.05, 0.1) is 22.6 Å². The molecular formula is C18H25ClN4O. The second-order valence-corrected chi connectivity index (χ2v) is 6.38. The molecule has 0 unspecified atom stereocenters. The second-order valence-electron chi connectivity index (χ2n) is 6.38. The Morgan fingerprint density at radius 3 is 2.42 bits per heavy atom. The minimum absolute atomic E-state index is 0. The van der Waals surface area contributed by atoms with E-state index in [1.807, 2.05) is 48.9 Å². The number of aromatic nitrogens is 2. The molecule has 1 heterocycles. The average molecular weight is 349 g/mol. The van der Waals surface area contributed by atoms with Gasteiger partial charge in [0.1, 0.15) is 0 Å². The van der Waals surface area contributed by atoms with E-state index in [9.17, 15) is 4.79 Å². The molecule has 24 heavy (non-hydrogen) atoms. The van der Waals surface area contributed by atoms with Crippen LogP contribution in [0.5, 0.6) is 0 Å². The predicted molar refractivity (Wildman–Crippen MR) is 98.0 cm³/mol. The fraction of sp³-hybridized carbons (Fsp3) is 0.444. The van der Waals surface area contributed by atoms with Crippen LogP contribution in [-0.4, -0.2) is 27.8 Å². The standard InChI is InChI=1S/C18H24N4O.ClH/c1-12-17(18(23)20-15-10-8-14(19)9-11-15)13(2)22(21-12)16-6-4-3-5-7-16;/h3-7,14-15H,8-11,19H2,1-2H3,(H,20,23);1H. The lowest BCUT2D eigenvalue weighted by Crippen LogP contribution is -2.40. The van der Waals surface area contributed by atoms with E-state index in [4.69, 9.17) is 5.73 Å². The summed E-state index contributed by atoms with van der Waals surface area (Å²) in [6.45, 7) is 3.83. The Morgan fingerprint density at radius 2 is 1.79 bits per heavy atom. The first-order valence-corrected chi connectivity index (χ1v) is 8.24. The number of para-hydroxylation sites is 1. The van der Waals surface area contributed by atoms with Crippen LogP contribution in [0.4, 0.5) is 0 Å². The summed E-state index contributed by atoms with van der Waals surface area (Å²) in [5.74, 6) is -0.0253. The fourth-order valence-corrected chi connectivity index (χ4v) is 3.31. The van der Waals surface area contributed by atoms with Crippen molar-refractivity contribution in [2.45, 2.75) is 51.6 Å². The number of nitrogens with two attached hydrogens (primary N) is 1. The molecule has 3 N–H and O–H groups in total. The number of amides is 1. The third kappa shape index (κ3) is 3.79. The Labute approximate surface area is 149 Å². The van der Waals surface area contributed by atoms with Gasteiger partial charge in [-0.1, -0.05) is 18.2 Å². The molecule has 2 aromatic rings. The molecule has 1 amide bonds. The van der Waals surface area contributed by atoms with E-state index in [2.05, 4.69) is 10.4 Å². The lowest BCUT2D eigenvalue weighted by atomic mass is 9.91. The summed E-state index contributed by atoms with van der Waals surface area (Å²) in [7, 11) is 0. The molecule has 0 spiro atoms. The van der Waals surface area contributed by atoms with Crippen molar-refractivity contribution in [1.29, 1.82) is 0 Å². The predicted octanol–water partition coefficient (Wildman–Crippen LogP) is 2.91. The van der Waals surface area contributed by atoms with E-state index in [-0.39, 0.29) is 30.4 Å². The van der Waals surface area contributed by atoms with Crippen LogP contribution in [0, 0.1) is 13.8 Å². The van der Waals surface area contributed by atoms with Gasteiger partial charge in [-0.05, 0) is 51.7 Å². The molecule has 0 saturated heterocycles. The molecule has 6 heteroatoms. The van der Waals surface area contributed by atoms with E-state index in [0.29, 0.717) is 5.56 Å². The summed E-state index contributed by atoms with van der Waals surface area (Å²) in [6, 6.07) is 10.4.